The van der Waals surface area contributed by atoms with Gasteiger partial charge in [0.05, 0.1) is 13.2 Å². The molecule has 3 heterocycles. The van der Waals surface area contributed by atoms with Gasteiger partial charge in [-0.15, -0.1) is 0 Å². The fourth-order valence-corrected chi connectivity index (χ4v) is 3.39. The van der Waals surface area contributed by atoms with Crippen molar-refractivity contribution < 1.29 is 13.9 Å². The Kier molecular flexibility index (Phi) is 3.19. The second-order valence-electron chi connectivity index (χ2n) is 6.16. The summed E-state index contributed by atoms with van der Waals surface area (Å²) in [5.74, 6) is 0.200. The molecule has 0 unspecified atom stereocenters. The molecule has 1 amide bonds. The number of carbonyl (C=O) groups excluding carboxylic acids is 1. The zero-order chi connectivity index (χ0) is 16.0. The van der Waals surface area contributed by atoms with Crippen molar-refractivity contribution in [1.29, 1.82) is 0 Å². The van der Waals surface area contributed by atoms with Gasteiger partial charge in [-0.05, 0) is 6.07 Å². The quantitative estimate of drug-likeness (QED) is 0.791. The highest BCUT2D eigenvalue weighted by atomic mass is 19.1. The van der Waals surface area contributed by atoms with Crippen molar-refractivity contribution in [2.24, 2.45) is 0 Å². The number of piperazine rings is 1. The van der Waals surface area contributed by atoms with Crippen LogP contribution in [-0.4, -0.2) is 59.2 Å². The van der Waals surface area contributed by atoms with Crippen molar-refractivity contribution in [3.63, 3.8) is 0 Å². The van der Waals surface area contributed by atoms with Crippen LogP contribution in [0.1, 0.15) is 6.92 Å². The summed E-state index contributed by atoms with van der Waals surface area (Å²) in [6.07, 6.45) is 1.64. The molecule has 1 aromatic heterocycles. The standard InChI is InChI=1S/C16H17FN4O2/c1-11(22)21-6-5-20(8-16(21)9-23-10-16)15-18-7-12-3-2-4-13(17)14(12)19-15/h2-4,7H,5-6,8-10H2,1H3. The third kappa shape index (κ3) is 2.23. The first kappa shape index (κ1) is 14.3. The topological polar surface area (TPSA) is 58.6 Å². The van der Waals surface area contributed by atoms with Crippen LogP contribution in [0.4, 0.5) is 10.3 Å². The summed E-state index contributed by atoms with van der Waals surface area (Å²) < 4.78 is 19.3. The number of carbonyl (C=O) groups is 1. The van der Waals surface area contributed by atoms with E-state index in [1.807, 2.05) is 9.80 Å². The molecule has 0 aliphatic carbocycles. The minimum atomic E-state index is -0.352. The number of rotatable bonds is 1. The number of para-hydroxylation sites is 1. The number of nitrogens with zero attached hydrogens (tertiary/aromatic N) is 4. The van der Waals surface area contributed by atoms with E-state index >= 15 is 0 Å². The molecule has 23 heavy (non-hydrogen) atoms. The van der Waals surface area contributed by atoms with E-state index in [1.165, 1.54) is 6.07 Å². The average Bonchev–Trinajstić information content (AvgIpc) is 2.53. The smallest absolute Gasteiger partial charge is 0.226 e. The number of hydrogen-bond acceptors (Lipinski definition) is 5. The molecule has 0 N–H and O–H groups in total. The van der Waals surface area contributed by atoms with Crippen LogP contribution in [0.25, 0.3) is 10.9 Å². The predicted molar refractivity (Wildman–Crippen MR) is 82.6 cm³/mol. The maximum Gasteiger partial charge on any atom is 0.226 e. The van der Waals surface area contributed by atoms with E-state index in [2.05, 4.69) is 9.97 Å². The number of aromatic nitrogens is 2. The fourth-order valence-electron chi connectivity index (χ4n) is 3.39. The lowest BCUT2D eigenvalue weighted by Crippen LogP contribution is -2.72. The largest absolute Gasteiger partial charge is 0.376 e. The van der Waals surface area contributed by atoms with Crippen LogP contribution in [-0.2, 0) is 9.53 Å². The van der Waals surface area contributed by atoms with Gasteiger partial charge >= 0.3 is 0 Å². The second kappa shape index (κ2) is 5.13. The van der Waals surface area contributed by atoms with Crippen LogP contribution >= 0.6 is 0 Å². The predicted octanol–water partition coefficient (Wildman–Crippen LogP) is 1.21. The zero-order valence-electron chi connectivity index (χ0n) is 12.8. The van der Waals surface area contributed by atoms with Crippen LogP contribution in [0, 0.1) is 5.82 Å². The number of benzene rings is 1. The normalized spacial score (nSPS) is 19.9. The molecule has 0 atom stereocenters. The molecule has 2 fully saturated rings. The van der Waals surface area contributed by atoms with E-state index in [-0.39, 0.29) is 17.3 Å². The average molecular weight is 316 g/mol. The van der Waals surface area contributed by atoms with E-state index in [1.54, 1.807) is 25.3 Å². The summed E-state index contributed by atoms with van der Waals surface area (Å²) in [4.78, 5) is 24.5. The maximum absolute atomic E-state index is 13.9. The van der Waals surface area contributed by atoms with E-state index in [0.29, 0.717) is 49.7 Å². The first-order valence-corrected chi connectivity index (χ1v) is 7.61. The Balaban J connectivity index is 1.66. The third-order valence-electron chi connectivity index (χ3n) is 4.60. The van der Waals surface area contributed by atoms with Gasteiger partial charge in [0.1, 0.15) is 16.9 Å². The van der Waals surface area contributed by atoms with Crippen LogP contribution in [0.15, 0.2) is 24.4 Å². The van der Waals surface area contributed by atoms with E-state index < -0.39 is 0 Å². The summed E-state index contributed by atoms with van der Waals surface area (Å²) in [5, 5.41) is 0.679. The molecule has 0 bridgehead atoms. The first-order valence-electron chi connectivity index (χ1n) is 7.61. The molecule has 6 nitrogen and oxygen atoms in total. The number of fused-ring (bicyclic) bond motifs is 1. The zero-order valence-corrected chi connectivity index (χ0v) is 12.8. The number of halogens is 1. The number of ether oxygens (including phenoxy) is 1. The van der Waals surface area contributed by atoms with Gasteiger partial charge in [-0.25, -0.2) is 14.4 Å². The van der Waals surface area contributed by atoms with Crippen LogP contribution in [0.2, 0.25) is 0 Å². The minimum absolute atomic E-state index is 0.0541. The van der Waals surface area contributed by atoms with Gasteiger partial charge in [0, 0.05) is 38.1 Å². The van der Waals surface area contributed by atoms with E-state index in [0.717, 1.165) is 0 Å². The lowest BCUT2D eigenvalue weighted by molar-refractivity contribution is -0.167. The van der Waals surface area contributed by atoms with Gasteiger partial charge in [-0.1, -0.05) is 12.1 Å². The molecule has 1 aromatic carbocycles. The molecule has 2 saturated heterocycles. The lowest BCUT2D eigenvalue weighted by Gasteiger charge is -2.54. The monoisotopic (exact) mass is 316 g/mol. The Hall–Kier alpha value is -2.28. The molecule has 2 aromatic rings. The van der Waals surface area contributed by atoms with Gasteiger partial charge in [0.15, 0.2) is 0 Å². The summed E-state index contributed by atoms with van der Waals surface area (Å²) in [6.45, 7) is 4.44. The molecule has 2 aliphatic rings. The van der Waals surface area contributed by atoms with Gasteiger partial charge in [0.25, 0.3) is 0 Å². The number of hydrogen-bond donors (Lipinski definition) is 0. The molecular formula is C16H17FN4O2. The van der Waals surface area contributed by atoms with Crippen LogP contribution in [0.5, 0.6) is 0 Å². The summed E-state index contributed by atoms with van der Waals surface area (Å²) in [7, 11) is 0. The Bertz CT molecular complexity index is 778. The van der Waals surface area contributed by atoms with Gasteiger partial charge < -0.3 is 14.5 Å². The van der Waals surface area contributed by atoms with Crippen LogP contribution in [0.3, 0.4) is 0 Å². The van der Waals surface area contributed by atoms with Crippen molar-refractivity contribution in [2.45, 2.75) is 12.5 Å². The van der Waals surface area contributed by atoms with Crippen molar-refractivity contribution in [1.82, 2.24) is 14.9 Å². The Labute approximate surface area is 132 Å². The highest BCUT2D eigenvalue weighted by Gasteiger charge is 2.49. The van der Waals surface area contributed by atoms with Crippen molar-refractivity contribution >= 4 is 22.8 Å². The molecule has 2 aliphatic heterocycles. The third-order valence-corrected chi connectivity index (χ3v) is 4.60. The summed E-state index contributed by atoms with van der Waals surface area (Å²) in [5.41, 5.74) is 0.0165. The highest BCUT2D eigenvalue weighted by molar-refractivity contribution is 5.79. The summed E-state index contributed by atoms with van der Waals surface area (Å²) >= 11 is 0. The fraction of sp³-hybridized carbons (Fsp3) is 0.438. The minimum Gasteiger partial charge on any atom is -0.376 e. The Morgan fingerprint density at radius 1 is 1.35 bits per heavy atom. The van der Waals surface area contributed by atoms with Crippen LogP contribution < -0.4 is 4.90 Å². The Morgan fingerprint density at radius 3 is 2.87 bits per heavy atom. The molecule has 7 heteroatoms. The highest BCUT2D eigenvalue weighted by Crippen LogP contribution is 2.31. The molecule has 120 valence electrons. The first-order chi connectivity index (χ1) is 11.1. The molecule has 4 rings (SSSR count). The second-order valence-corrected chi connectivity index (χ2v) is 6.16. The molecule has 0 saturated carbocycles. The van der Waals surface area contributed by atoms with Crippen molar-refractivity contribution in [2.75, 3.05) is 37.7 Å². The summed E-state index contributed by atoms with van der Waals surface area (Å²) in [6, 6.07) is 4.83. The molecular weight excluding hydrogens is 299 g/mol. The maximum atomic E-state index is 13.9. The number of anilines is 1. The van der Waals surface area contributed by atoms with Gasteiger partial charge in [0.2, 0.25) is 11.9 Å². The van der Waals surface area contributed by atoms with E-state index in [4.69, 9.17) is 4.74 Å². The number of amides is 1. The van der Waals surface area contributed by atoms with Gasteiger partial charge in [-0.2, -0.15) is 0 Å². The van der Waals surface area contributed by atoms with E-state index in [9.17, 15) is 9.18 Å². The molecule has 1 spiro atoms. The SMILES string of the molecule is CC(=O)N1CCN(c2ncc3cccc(F)c3n2)CC12COC2. The Morgan fingerprint density at radius 2 is 2.17 bits per heavy atom. The van der Waals surface area contributed by atoms with Crippen molar-refractivity contribution in [3.05, 3.63) is 30.2 Å². The van der Waals surface area contributed by atoms with Gasteiger partial charge in [-0.3, -0.25) is 4.79 Å². The molecule has 0 radical (unpaired) electrons. The van der Waals surface area contributed by atoms with Crippen molar-refractivity contribution in [3.8, 4) is 0 Å². The lowest BCUT2D eigenvalue weighted by atomic mass is 9.91.